The summed E-state index contributed by atoms with van der Waals surface area (Å²) in [6.45, 7) is 2.15. The van der Waals surface area contributed by atoms with E-state index in [1.807, 2.05) is 18.2 Å². The summed E-state index contributed by atoms with van der Waals surface area (Å²) in [7, 11) is 0. The quantitative estimate of drug-likeness (QED) is 0.644. The Morgan fingerprint density at radius 3 is 2.80 bits per heavy atom. The van der Waals surface area contributed by atoms with Crippen molar-refractivity contribution in [2.45, 2.75) is 25.3 Å². The number of carbonyl (C=O) groups is 1. The fraction of sp³-hybridized carbons (Fsp3) is 0.286. The second-order valence-electron chi connectivity index (χ2n) is 6.52. The highest BCUT2D eigenvalue weighted by Crippen LogP contribution is 2.50. The molecule has 0 saturated carbocycles. The highest BCUT2D eigenvalue weighted by Gasteiger charge is 2.39. The summed E-state index contributed by atoms with van der Waals surface area (Å²) in [4.78, 5) is 12.4. The van der Waals surface area contributed by atoms with E-state index in [0.717, 1.165) is 23.2 Å². The van der Waals surface area contributed by atoms with Crippen LogP contribution >= 0.6 is 0 Å². The van der Waals surface area contributed by atoms with Crippen LogP contribution in [0.1, 0.15) is 46.8 Å². The zero-order valence-corrected chi connectivity index (χ0v) is 14.0. The molecule has 1 aliphatic carbocycles. The zero-order chi connectivity index (χ0) is 17.4. The number of hydrogen-bond acceptors (Lipinski definition) is 3. The highest BCUT2D eigenvalue weighted by molar-refractivity contribution is 5.97. The SMILES string of the molecule is CCOC(=O)c1cccc2c1N[C@@H](c1ccc(F)cc1)[C@@H]1CC=C[C@H]21. The van der Waals surface area contributed by atoms with Crippen molar-refractivity contribution in [3.63, 3.8) is 0 Å². The normalized spacial score (nSPS) is 23.5. The molecule has 128 valence electrons. The molecule has 0 bridgehead atoms. The van der Waals surface area contributed by atoms with Crippen molar-refractivity contribution in [2.24, 2.45) is 5.92 Å². The molecular weight excluding hydrogens is 317 g/mol. The van der Waals surface area contributed by atoms with E-state index in [4.69, 9.17) is 4.74 Å². The Hall–Kier alpha value is -2.62. The molecule has 0 saturated heterocycles. The molecule has 0 radical (unpaired) electrons. The van der Waals surface area contributed by atoms with E-state index < -0.39 is 0 Å². The lowest BCUT2D eigenvalue weighted by molar-refractivity contribution is 0.0527. The van der Waals surface area contributed by atoms with Gasteiger partial charge in [0.2, 0.25) is 0 Å². The minimum Gasteiger partial charge on any atom is -0.462 e. The number of benzene rings is 2. The summed E-state index contributed by atoms with van der Waals surface area (Å²) in [5, 5.41) is 3.55. The predicted molar refractivity (Wildman–Crippen MR) is 95.2 cm³/mol. The molecule has 1 heterocycles. The van der Waals surface area contributed by atoms with E-state index in [2.05, 4.69) is 23.5 Å². The summed E-state index contributed by atoms with van der Waals surface area (Å²) in [5.41, 5.74) is 3.56. The van der Waals surface area contributed by atoms with Gasteiger partial charge in [-0.1, -0.05) is 36.4 Å². The average molecular weight is 337 g/mol. The number of carbonyl (C=O) groups excluding carboxylic acids is 1. The molecule has 0 aromatic heterocycles. The Kier molecular flexibility index (Phi) is 4.04. The third-order valence-electron chi connectivity index (χ3n) is 5.12. The molecule has 3 atom stereocenters. The topological polar surface area (TPSA) is 38.3 Å². The molecule has 0 amide bonds. The summed E-state index contributed by atoms with van der Waals surface area (Å²) in [6.07, 6.45) is 5.37. The number of nitrogens with one attached hydrogen (secondary N) is 1. The fourth-order valence-electron chi connectivity index (χ4n) is 4.00. The molecule has 4 heteroatoms. The van der Waals surface area contributed by atoms with E-state index in [9.17, 15) is 9.18 Å². The smallest absolute Gasteiger partial charge is 0.340 e. The van der Waals surface area contributed by atoms with Gasteiger partial charge in [0.1, 0.15) is 5.82 Å². The monoisotopic (exact) mass is 337 g/mol. The molecule has 0 fully saturated rings. The number of esters is 1. The number of allylic oxidation sites excluding steroid dienone is 2. The summed E-state index contributed by atoms with van der Waals surface area (Å²) in [6, 6.07) is 12.4. The third-order valence-corrected chi connectivity index (χ3v) is 5.12. The molecule has 2 aliphatic rings. The number of halogens is 1. The van der Waals surface area contributed by atoms with E-state index in [0.29, 0.717) is 18.1 Å². The van der Waals surface area contributed by atoms with E-state index >= 15 is 0 Å². The molecule has 0 spiro atoms. The minimum atomic E-state index is -0.315. The van der Waals surface area contributed by atoms with Gasteiger partial charge >= 0.3 is 5.97 Å². The van der Waals surface area contributed by atoms with Gasteiger partial charge in [-0.3, -0.25) is 0 Å². The maximum atomic E-state index is 13.3. The first kappa shape index (κ1) is 15.9. The van der Waals surface area contributed by atoms with Gasteiger partial charge in [-0.15, -0.1) is 0 Å². The number of ether oxygens (including phenoxy) is 1. The first-order valence-corrected chi connectivity index (χ1v) is 8.67. The number of para-hydroxylation sites is 1. The second kappa shape index (κ2) is 6.36. The van der Waals surface area contributed by atoms with Crippen molar-refractivity contribution >= 4 is 11.7 Å². The van der Waals surface area contributed by atoms with E-state index in [1.54, 1.807) is 13.0 Å². The second-order valence-corrected chi connectivity index (χ2v) is 6.52. The Bertz CT molecular complexity index is 828. The molecule has 3 nitrogen and oxygen atoms in total. The van der Waals surface area contributed by atoms with Crippen LogP contribution in [-0.2, 0) is 4.74 Å². The maximum Gasteiger partial charge on any atom is 0.340 e. The summed E-state index contributed by atoms with van der Waals surface area (Å²) in [5.74, 6) is 0.0505. The van der Waals surface area contributed by atoms with Gasteiger partial charge in [-0.2, -0.15) is 0 Å². The van der Waals surface area contributed by atoms with E-state index in [1.165, 1.54) is 12.1 Å². The van der Waals surface area contributed by atoms with Gasteiger partial charge in [-0.25, -0.2) is 9.18 Å². The van der Waals surface area contributed by atoms with Crippen LogP contribution in [0.25, 0.3) is 0 Å². The molecule has 2 aromatic carbocycles. The van der Waals surface area contributed by atoms with Crippen LogP contribution in [0.2, 0.25) is 0 Å². The Balaban J connectivity index is 1.79. The van der Waals surface area contributed by atoms with Crippen LogP contribution in [-0.4, -0.2) is 12.6 Å². The lowest BCUT2D eigenvalue weighted by atomic mass is 9.76. The van der Waals surface area contributed by atoms with Crippen molar-refractivity contribution in [1.82, 2.24) is 0 Å². The molecule has 25 heavy (non-hydrogen) atoms. The predicted octanol–water partition coefficient (Wildman–Crippen LogP) is 4.83. The van der Waals surface area contributed by atoms with Crippen molar-refractivity contribution in [3.05, 3.63) is 77.1 Å². The molecular formula is C21H20FNO2. The van der Waals surface area contributed by atoms with E-state index in [-0.39, 0.29) is 23.7 Å². The number of fused-ring (bicyclic) bond motifs is 3. The van der Waals surface area contributed by atoms with Crippen molar-refractivity contribution in [2.75, 3.05) is 11.9 Å². The van der Waals surface area contributed by atoms with Gasteiger partial charge in [0.15, 0.2) is 0 Å². The van der Waals surface area contributed by atoms with Gasteiger partial charge in [0.25, 0.3) is 0 Å². The van der Waals surface area contributed by atoms with Crippen LogP contribution in [0.4, 0.5) is 10.1 Å². The number of anilines is 1. The molecule has 4 rings (SSSR count). The van der Waals surface area contributed by atoms with Crippen LogP contribution in [0.3, 0.4) is 0 Å². The molecule has 1 N–H and O–H groups in total. The van der Waals surface area contributed by atoms with Gasteiger partial charge in [0, 0.05) is 5.92 Å². The highest BCUT2D eigenvalue weighted by atomic mass is 19.1. The number of hydrogen-bond donors (Lipinski definition) is 1. The minimum absolute atomic E-state index is 0.0312. The molecule has 0 unspecified atom stereocenters. The molecule has 2 aromatic rings. The number of rotatable bonds is 3. The summed E-state index contributed by atoms with van der Waals surface area (Å²) < 4.78 is 18.5. The Labute approximate surface area is 146 Å². The van der Waals surface area contributed by atoms with Crippen LogP contribution in [0.5, 0.6) is 0 Å². The summed E-state index contributed by atoms with van der Waals surface area (Å²) >= 11 is 0. The standard InChI is InChI=1S/C21H20FNO2/c1-2-25-21(24)18-8-4-7-17-15-5-3-6-16(15)19(23-20(17)18)13-9-11-14(22)12-10-13/h3-5,7-12,15-16,19,23H,2,6H2,1H3/t15-,16+,19-/m0/s1. The van der Waals surface area contributed by atoms with Crippen LogP contribution < -0.4 is 5.32 Å². The largest absolute Gasteiger partial charge is 0.462 e. The van der Waals surface area contributed by atoms with Crippen molar-refractivity contribution in [3.8, 4) is 0 Å². The van der Waals surface area contributed by atoms with Crippen LogP contribution in [0.15, 0.2) is 54.6 Å². The fourth-order valence-corrected chi connectivity index (χ4v) is 4.00. The van der Waals surface area contributed by atoms with Crippen molar-refractivity contribution in [1.29, 1.82) is 0 Å². The first-order valence-electron chi connectivity index (χ1n) is 8.67. The molecule has 1 aliphatic heterocycles. The maximum absolute atomic E-state index is 13.3. The Morgan fingerprint density at radius 2 is 2.04 bits per heavy atom. The Morgan fingerprint density at radius 1 is 1.24 bits per heavy atom. The third kappa shape index (κ3) is 2.72. The van der Waals surface area contributed by atoms with Gasteiger partial charge in [-0.05, 0) is 48.6 Å². The zero-order valence-electron chi connectivity index (χ0n) is 14.0. The first-order chi connectivity index (χ1) is 12.2. The van der Waals surface area contributed by atoms with Crippen molar-refractivity contribution < 1.29 is 13.9 Å². The lowest BCUT2D eigenvalue weighted by Crippen LogP contribution is -2.30. The van der Waals surface area contributed by atoms with Crippen LogP contribution in [0, 0.1) is 11.7 Å². The average Bonchev–Trinajstić information content (AvgIpc) is 3.11. The van der Waals surface area contributed by atoms with Gasteiger partial charge < -0.3 is 10.1 Å². The lowest BCUT2D eigenvalue weighted by Gasteiger charge is -2.38. The van der Waals surface area contributed by atoms with Gasteiger partial charge in [0.05, 0.1) is 23.9 Å².